The van der Waals surface area contributed by atoms with Crippen LogP contribution in [0.25, 0.3) is 0 Å². The first-order chi connectivity index (χ1) is 11.3. The molecule has 0 aromatic heterocycles. The standard InChI is InChI=1S/C22H32O/c1-13-12-23-22-18-10-6-5-9-17(18)21-16-8-4-3-7-15(16)11-19(21)20(22)14(13)2/h12,15-19,21-22H,3-11H2,1-2H3. The maximum atomic E-state index is 6.38. The van der Waals surface area contributed by atoms with Crippen molar-refractivity contribution in [3.05, 3.63) is 23.0 Å². The summed E-state index contributed by atoms with van der Waals surface area (Å²) in [5.74, 6) is 5.73. The van der Waals surface area contributed by atoms with E-state index in [1.807, 2.05) is 0 Å². The van der Waals surface area contributed by atoms with Crippen molar-refractivity contribution in [3.8, 4) is 0 Å². The molecule has 0 aromatic rings. The second kappa shape index (κ2) is 5.39. The fraction of sp³-hybridized carbons (Fsp3) is 0.818. The molecule has 4 saturated carbocycles. The molecule has 1 aliphatic heterocycles. The number of hydrogen-bond acceptors (Lipinski definition) is 1. The average molecular weight is 312 g/mol. The van der Waals surface area contributed by atoms with Gasteiger partial charge in [0.2, 0.25) is 0 Å². The van der Waals surface area contributed by atoms with E-state index in [1.54, 1.807) is 11.1 Å². The van der Waals surface area contributed by atoms with Crippen LogP contribution >= 0.6 is 0 Å². The predicted octanol–water partition coefficient (Wildman–Crippen LogP) is 5.87. The summed E-state index contributed by atoms with van der Waals surface area (Å²) in [4.78, 5) is 0. The third-order valence-corrected chi connectivity index (χ3v) is 8.36. The molecule has 0 saturated heterocycles. The molecule has 0 radical (unpaired) electrons. The number of rotatable bonds is 0. The smallest absolute Gasteiger partial charge is 0.123 e. The van der Waals surface area contributed by atoms with Gasteiger partial charge in [0.15, 0.2) is 0 Å². The van der Waals surface area contributed by atoms with E-state index in [2.05, 4.69) is 20.1 Å². The van der Waals surface area contributed by atoms with Gasteiger partial charge in [-0.15, -0.1) is 0 Å². The highest BCUT2D eigenvalue weighted by molar-refractivity contribution is 5.40. The highest BCUT2D eigenvalue weighted by Gasteiger charge is 2.57. The van der Waals surface area contributed by atoms with E-state index in [1.165, 1.54) is 63.4 Å². The van der Waals surface area contributed by atoms with Crippen molar-refractivity contribution in [2.24, 2.45) is 35.5 Å². The minimum absolute atomic E-state index is 0.436. The monoisotopic (exact) mass is 312 g/mol. The second-order valence-corrected chi connectivity index (χ2v) is 9.18. The molecular weight excluding hydrogens is 280 g/mol. The van der Waals surface area contributed by atoms with Crippen LogP contribution in [0.4, 0.5) is 0 Å². The van der Waals surface area contributed by atoms with Gasteiger partial charge >= 0.3 is 0 Å². The van der Waals surface area contributed by atoms with Gasteiger partial charge in [-0.2, -0.15) is 0 Å². The van der Waals surface area contributed by atoms with Crippen molar-refractivity contribution in [2.45, 2.75) is 77.7 Å². The first-order valence-corrected chi connectivity index (χ1v) is 10.3. The van der Waals surface area contributed by atoms with Gasteiger partial charge in [-0.25, -0.2) is 0 Å². The van der Waals surface area contributed by atoms with Gasteiger partial charge in [0, 0.05) is 5.92 Å². The fourth-order valence-electron chi connectivity index (χ4n) is 7.41. The van der Waals surface area contributed by atoms with E-state index in [0.717, 1.165) is 35.5 Å². The molecule has 5 aliphatic rings. The molecule has 126 valence electrons. The van der Waals surface area contributed by atoms with Gasteiger partial charge in [-0.1, -0.05) is 32.1 Å². The van der Waals surface area contributed by atoms with E-state index < -0.39 is 0 Å². The SMILES string of the molecule is CC1=COC2C(=C1C)C1CC3CCCCC3C1C1CCCCC21. The number of fused-ring (bicyclic) bond motifs is 8. The topological polar surface area (TPSA) is 9.23 Å². The Morgan fingerprint density at radius 1 is 0.870 bits per heavy atom. The van der Waals surface area contributed by atoms with Gasteiger partial charge in [-0.05, 0) is 85.8 Å². The zero-order chi connectivity index (χ0) is 15.6. The predicted molar refractivity (Wildman–Crippen MR) is 93.8 cm³/mol. The largest absolute Gasteiger partial charge is 0.493 e. The zero-order valence-corrected chi connectivity index (χ0v) is 14.9. The lowest BCUT2D eigenvalue weighted by Gasteiger charge is -2.52. The molecule has 5 rings (SSSR count). The Morgan fingerprint density at radius 2 is 1.57 bits per heavy atom. The van der Waals surface area contributed by atoms with Crippen molar-refractivity contribution in [3.63, 3.8) is 0 Å². The Morgan fingerprint density at radius 3 is 2.39 bits per heavy atom. The van der Waals surface area contributed by atoms with E-state index in [-0.39, 0.29) is 0 Å². The molecule has 1 heterocycles. The van der Waals surface area contributed by atoms with Crippen molar-refractivity contribution in [2.75, 3.05) is 0 Å². The minimum Gasteiger partial charge on any atom is -0.493 e. The first kappa shape index (κ1) is 14.6. The Kier molecular flexibility index (Phi) is 3.43. The quantitative estimate of drug-likeness (QED) is 0.543. The Labute approximate surface area is 141 Å². The lowest BCUT2D eigenvalue weighted by molar-refractivity contribution is -0.0272. The summed E-state index contributed by atoms with van der Waals surface area (Å²) >= 11 is 0. The Balaban J connectivity index is 1.60. The molecule has 0 N–H and O–H groups in total. The van der Waals surface area contributed by atoms with Gasteiger partial charge in [0.1, 0.15) is 6.10 Å². The molecule has 0 aromatic carbocycles. The summed E-state index contributed by atoms with van der Waals surface area (Å²) in [6.07, 6.45) is 15.8. The minimum atomic E-state index is 0.436. The van der Waals surface area contributed by atoms with Crippen molar-refractivity contribution in [1.82, 2.24) is 0 Å². The van der Waals surface area contributed by atoms with E-state index in [9.17, 15) is 0 Å². The zero-order valence-electron chi connectivity index (χ0n) is 14.9. The molecular formula is C22H32O. The van der Waals surface area contributed by atoms with Crippen LogP contribution in [-0.2, 0) is 4.74 Å². The van der Waals surface area contributed by atoms with Crippen LogP contribution in [0.15, 0.2) is 23.0 Å². The van der Waals surface area contributed by atoms with E-state index in [4.69, 9.17) is 4.74 Å². The maximum Gasteiger partial charge on any atom is 0.123 e. The van der Waals surface area contributed by atoms with E-state index in [0.29, 0.717) is 6.10 Å². The van der Waals surface area contributed by atoms with Crippen LogP contribution < -0.4 is 0 Å². The molecule has 4 fully saturated rings. The molecule has 7 unspecified atom stereocenters. The van der Waals surface area contributed by atoms with Gasteiger partial charge in [-0.3, -0.25) is 0 Å². The van der Waals surface area contributed by atoms with Crippen molar-refractivity contribution < 1.29 is 4.74 Å². The van der Waals surface area contributed by atoms with Crippen LogP contribution in [0.5, 0.6) is 0 Å². The van der Waals surface area contributed by atoms with Crippen LogP contribution in [0.3, 0.4) is 0 Å². The molecule has 0 spiro atoms. The maximum absolute atomic E-state index is 6.38. The lowest BCUT2D eigenvalue weighted by atomic mass is 9.56. The molecule has 23 heavy (non-hydrogen) atoms. The van der Waals surface area contributed by atoms with Crippen LogP contribution in [-0.4, -0.2) is 6.10 Å². The Hall–Kier alpha value is -0.720. The molecule has 7 atom stereocenters. The van der Waals surface area contributed by atoms with Gasteiger partial charge < -0.3 is 4.74 Å². The summed E-state index contributed by atoms with van der Waals surface area (Å²) in [7, 11) is 0. The summed E-state index contributed by atoms with van der Waals surface area (Å²) < 4.78 is 6.38. The molecule has 0 bridgehead atoms. The molecule has 1 nitrogen and oxygen atoms in total. The number of hydrogen-bond donors (Lipinski definition) is 0. The fourth-order valence-corrected chi connectivity index (χ4v) is 7.41. The highest BCUT2D eigenvalue weighted by Crippen LogP contribution is 2.63. The summed E-state index contributed by atoms with van der Waals surface area (Å²) in [6.45, 7) is 4.64. The first-order valence-electron chi connectivity index (χ1n) is 10.3. The third kappa shape index (κ3) is 2.04. The lowest BCUT2D eigenvalue weighted by Crippen LogP contribution is -2.48. The van der Waals surface area contributed by atoms with Gasteiger partial charge in [0.25, 0.3) is 0 Å². The summed E-state index contributed by atoms with van der Waals surface area (Å²) in [5, 5.41) is 0. The van der Waals surface area contributed by atoms with Crippen LogP contribution in [0, 0.1) is 35.5 Å². The number of allylic oxidation sites excluding steroid dienone is 2. The third-order valence-electron chi connectivity index (χ3n) is 8.36. The average Bonchev–Trinajstić information content (AvgIpc) is 2.97. The summed E-state index contributed by atoms with van der Waals surface area (Å²) in [5.41, 5.74) is 4.74. The van der Waals surface area contributed by atoms with Crippen LogP contribution in [0.1, 0.15) is 71.6 Å². The Bertz CT molecular complexity index is 556. The normalized spacial score (nSPS) is 48.6. The number of ether oxygens (including phenoxy) is 1. The van der Waals surface area contributed by atoms with E-state index >= 15 is 0 Å². The molecule has 4 aliphatic carbocycles. The summed E-state index contributed by atoms with van der Waals surface area (Å²) in [6, 6.07) is 0. The highest BCUT2D eigenvalue weighted by atomic mass is 16.5. The molecule has 1 heteroatoms. The van der Waals surface area contributed by atoms with Crippen molar-refractivity contribution in [1.29, 1.82) is 0 Å². The van der Waals surface area contributed by atoms with Gasteiger partial charge in [0.05, 0.1) is 6.26 Å². The van der Waals surface area contributed by atoms with Crippen LogP contribution in [0.2, 0.25) is 0 Å². The molecule has 0 amide bonds. The second-order valence-electron chi connectivity index (χ2n) is 9.18. The van der Waals surface area contributed by atoms with Crippen molar-refractivity contribution >= 4 is 0 Å².